The lowest BCUT2D eigenvalue weighted by atomic mass is 9.76. The Bertz CT molecular complexity index is 920. The third-order valence-electron chi connectivity index (χ3n) is 6.31. The van der Waals surface area contributed by atoms with Gasteiger partial charge in [0, 0.05) is 17.5 Å². The minimum Gasteiger partial charge on any atom is -0.488 e. The fourth-order valence-corrected chi connectivity index (χ4v) is 4.79. The topological polar surface area (TPSA) is 18.5 Å². The Balaban J connectivity index is 1.61. The van der Waals surface area contributed by atoms with E-state index in [-0.39, 0.29) is 36.2 Å². The fourth-order valence-electron chi connectivity index (χ4n) is 4.79. The highest BCUT2D eigenvalue weighted by Crippen LogP contribution is 2.46. The van der Waals surface area contributed by atoms with Crippen molar-refractivity contribution < 1.29 is 27.0 Å². The highest BCUT2D eigenvalue weighted by atomic mass is 19.2. The monoisotopic (exact) mass is 422 g/mol. The van der Waals surface area contributed by atoms with Gasteiger partial charge < -0.3 is 9.47 Å². The molecule has 0 atom stereocenters. The first kappa shape index (κ1) is 21.0. The van der Waals surface area contributed by atoms with Gasteiger partial charge in [-0.3, -0.25) is 0 Å². The van der Waals surface area contributed by atoms with Crippen LogP contribution in [-0.2, 0) is 6.42 Å². The second kappa shape index (κ2) is 8.86. The van der Waals surface area contributed by atoms with E-state index in [2.05, 4.69) is 6.92 Å². The zero-order valence-electron chi connectivity index (χ0n) is 17.1. The molecule has 1 aliphatic carbocycles. The molecule has 30 heavy (non-hydrogen) atoms. The number of fused-ring (bicyclic) bond motifs is 2. The van der Waals surface area contributed by atoms with Crippen molar-refractivity contribution >= 4 is 0 Å². The number of alkyl halides is 1. The standard InChI is InChI=1S/C24H26F4O2/c1-2-3-14-4-6-15(7-5-14)18-13-17-12-16-8-9-19(29-11-10-25)21(27)23(16)30-24(17)22(28)20(18)26/h8-9,13-15H,2-7,10-12H2,1H3. The first-order chi connectivity index (χ1) is 14.5. The molecule has 0 aromatic heterocycles. The SMILES string of the molecule is CCCC1CCC(c2cc3c(c(F)c2F)Oc2c(ccc(OCCF)c2F)C3)CC1. The molecular weight excluding hydrogens is 396 g/mol. The quantitative estimate of drug-likeness (QED) is 0.390. The van der Waals surface area contributed by atoms with Gasteiger partial charge in [-0.2, -0.15) is 8.78 Å². The third kappa shape index (κ3) is 3.88. The Kier molecular flexibility index (Phi) is 6.21. The summed E-state index contributed by atoms with van der Waals surface area (Å²) in [5, 5.41) is 0. The van der Waals surface area contributed by atoms with Gasteiger partial charge >= 0.3 is 0 Å². The number of ether oxygens (including phenoxy) is 2. The minimum atomic E-state index is -1.07. The van der Waals surface area contributed by atoms with Crippen LogP contribution in [-0.4, -0.2) is 13.3 Å². The van der Waals surface area contributed by atoms with Crippen LogP contribution in [0.5, 0.6) is 17.2 Å². The molecule has 2 aromatic carbocycles. The van der Waals surface area contributed by atoms with Gasteiger partial charge in [0.15, 0.2) is 23.1 Å². The highest BCUT2D eigenvalue weighted by Gasteiger charge is 2.32. The molecule has 0 spiro atoms. The van der Waals surface area contributed by atoms with Gasteiger partial charge in [-0.1, -0.05) is 25.8 Å². The number of halogens is 4. The number of hydrogen-bond acceptors (Lipinski definition) is 2. The summed E-state index contributed by atoms with van der Waals surface area (Å²) in [7, 11) is 0. The molecule has 0 bridgehead atoms. The van der Waals surface area contributed by atoms with Crippen molar-refractivity contribution in [3.8, 4) is 17.2 Å². The van der Waals surface area contributed by atoms with E-state index in [1.54, 1.807) is 12.1 Å². The summed E-state index contributed by atoms with van der Waals surface area (Å²) < 4.78 is 67.3. The molecule has 0 unspecified atom stereocenters. The predicted octanol–water partition coefficient (Wildman–Crippen LogP) is 7.22. The van der Waals surface area contributed by atoms with E-state index >= 15 is 0 Å². The van der Waals surface area contributed by atoms with Crippen molar-refractivity contribution in [2.45, 2.75) is 57.8 Å². The van der Waals surface area contributed by atoms with Crippen LogP contribution < -0.4 is 9.47 Å². The van der Waals surface area contributed by atoms with Crippen LogP contribution in [0.2, 0.25) is 0 Å². The molecule has 1 fully saturated rings. The zero-order valence-corrected chi connectivity index (χ0v) is 17.1. The van der Waals surface area contributed by atoms with E-state index in [9.17, 15) is 17.6 Å². The average molecular weight is 422 g/mol. The fraction of sp³-hybridized carbons (Fsp3) is 0.500. The largest absolute Gasteiger partial charge is 0.488 e. The summed E-state index contributed by atoms with van der Waals surface area (Å²) in [5.74, 6) is -2.77. The van der Waals surface area contributed by atoms with E-state index in [0.717, 1.165) is 32.1 Å². The van der Waals surface area contributed by atoms with Gasteiger partial charge in [0.2, 0.25) is 11.6 Å². The van der Waals surface area contributed by atoms with Crippen molar-refractivity contribution in [1.82, 2.24) is 0 Å². The third-order valence-corrected chi connectivity index (χ3v) is 6.31. The Morgan fingerprint density at radius 1 is 0.967 bits per heavy atom. The molecule has 162 valence electrons. The highest BCUT2D eigenvalue weighted by molar-refractivity contribution is 5.55. The molecule has 0 radical (unpaired) electrons. The zero-order chi connectivity index (χ0) is 21.3. The van der Waals surface area contributed by atoms with Gasteiger partial charge in [-0.05, 0) is 55.2 Å². The van der Waals surface area contributed by atoms with E-state index < -0.39 is 24.1 Å². The predicted molar refractivity (Wildman–Crippen MR) is 107 cm³/mol. The van der Waals surface area contributed by atoms with E-state index in [0.29, 0.717) is 22.6 Å². The van der Waals surface area contributed by atoms with Crippen LogP contribution in [0.3, 0.4) is 0 Å². The van der Waals surface area contributed by atoms with E-state index in [1.807, 2.05) is 0 Å². The molecule has 1 heterocycles. The maximum atomic E-state index is 14.9. The summed E-state index contributed by atoms with van der Waals surface area (Å²) in [6, 6.07) is 4.71. The molecule has 2 aliphatic rings. The number of rotatable bonds is 6. The van der Waals surface area contributed by atoms with Crippen LogP contribution in [0, 0.1) is 23.4 Å². The normalized spacial score (nSPS) is 20.3. The van der Waals surface area contributed by atoms with Crippen molar-refractivity contribution in [2.75, 3.05) is 13.3 Å². The summed E-state index contributed by atoms with van der Waals surface area (Å²) >= 11 is 0. The molecule has 2 nitrogen and oxygen atoms in total. The summed E-state index contributed by atoms with van der Waals surface area (Å²) in [5.41, 5.74) is 1.44. The van der Waals surface area contributed by atoms with Gasteiger partial charge in [0.1, 0.15) is 13.3 Å². The summed E-state index contributed by atoms with van der Waals surface area (Å²) in [6.45, 7) is 1.11. The summed E-state index contributed by atoms with van der Waals surface area (Å²) in [4.78, 5) is 0. The van der Waals surface area contributed by atoms with Crippen LogP contribution >= 0.6 is 0 Å². The Labute approximate surface area is 174 Å². The van der Waals surface area contributed by atoms with Gasteiger partial charge in [-0.25, -0.2) is 8.78 Å². The molecule has 0 N–H and O–H groups in total. The number of hydrogen-bond donors (Lipinski definition) is 0. The maximum Gasteiger partial charge on any atom is 0.207 e. The smallest absolute Gasteiger partial charge is 0.207 e. The van der Waals surface area contributed by atoms with Gasteiger partial charge in [-0.15, -0.1) is 0 Å². The second-order valence-corrected chi connectivity index (χ2v) is 8.27. The van der Waals surface area contributed by atoms with Crippen LogP contribution in [0.15, 0.2) is 18.2 Å². The molecule has 6 heteroatoms. The molecule has 1 saturated carbocycles. The van der Waals surface area contributed by atoms with Crippen molar-refractivity contribution in [1.29, 1.82) is 0 Å². The van der Waals surface area contributed by atoms with Gasteiger partial charge in [0.05, 0.1) is 0 Å². The van der Waals surface area contributed by atoms with Crippen molar-refractivity contribution in [2.24, 2.45) is 5.92 Å². The van der Waals surface area contributed by atoms with Gasteiger partial charge in [0.25, 0.3) is 0 Å². The molecule has 2 aromatic rings. The Morgan fingerprint density at radius 2 is 1.70 bits per heavy atom. The lowest BCUT2D eigenvalue weighted by Crippen LogP contribution is -2.16. The lowest BCUT2D eigenvalue weighted by Gasteiger charge is -2.30. The first-order valence-corrected chi connectivity index (χ1v) is 10.7. The molecule has 0 saturated heterocycles. The minimum absolute atomic E-state index is 0.00693. The lowest BCUT2D eigenvalue weighted by molar-refractivity contribution is 0.258. The average Bonchev–Trinajstić information content (AvgIpc) is 2.76. The Morgan fingerprint density at radius 3 is 2.40 bits per heavy atom. The molecule has 4 rings (SSSR count). The number of benzene rings is 2. The van der Waals surface area contributed by atoms with Crippen LogP contribution in [0.1, 0.15) is 68.1 Å². The van der Waals surface area contributed by atoms with E-state index in [4.69, 9.17) is 9.47 Å². The Hall–Kier alpha value is -2.24. The van der Waals surface area contributed by atoms with Crippen molar-refractivity contribution in [3.05, 3.63) is 52.3 Å². The van der Waals surface area contributed by atoms with E-state index in [1.165, 1.54) is 12.5 Å². The van der Waals surface area contributed by atoms with Crippen molar-refractivity contribution in [3.63, 3.8) is 0 Å². The second-order valence-electron chi connectivity index (χ2n) is 8.27. The molecule has 1 aliphatic heterocycles. The summed E-state index contributed by atoms with van der Waals surface area (Å²) in [6.07, 6.45) is 6.32. The molecular formula is C24H26F4O2. The van der Waals surface area contributed by atoms with Crippen LogP contribution in [0.4, 0.5) is 17.6 Å². The maximum absolute atomic E-state index is 14.9. The first-order valence-electron chi connectivity index (χ1n) is 10.7. The molecule has 0 amide bonds. The van der Waals surface area contributed by atoms with Crippen LogP contribution in [0.25, 0.3) is 0 Å².